The molecule has 2 aromatic carbocycles. The van der Waals surface area contributed by atoms with E-state index in [9.17, 15) is 18.0 Å². The zero-order valence-electron chi connectivity index (χ0n) is 12.9. The number of aromatic nitrogens is 2. The van der Waals surface area contributed by atoms with Crippen molar-refractivity contribution in [3.05, 3.63) is 88.2 Å². The Morgan fingerprint density at radius 3 is 2.48 bits per heavy atom. The molecule has 0 aliphatic carbocycles. The van der Waals surface area contributed by atoms with Crippen LogP contribution < -0.4 is 10.2 Å². The van der Waals surface area contributed by atoms with E-state index in [0.717, 1.165) is 17.8 Å². The summed E-state index contributed by atoms with van der Waals surface area (Å²) in [4.78, 5) is 11.9. The second kappa shape index (κ2) is 6.80. The molecule has 0 aliphatic heterocycles. The molecular weight excluding hydrogens is 333 g/mol. The summed E-state index contributed by atoms with van der Waals surface area (Å²) in [6, 6.07) is 15.1. The second-order valence-corrected chi connectivity index (χ2v) is 5.25. The van der Waals surface area contributed by atoms with Crippen LogP contribution in [0.1, 0.15) is 11.1 Å². The van der Waals surface area contributed by atoms with Gasteiger partial charge in [-0.15, -0.1) is 5.10 Å². The van der Waals surface area contributed by atoms with Crippen LogP contribution in [0.2, 0.25) is 0 Å². The third-order valence-electron chi connectivity index (χ3n) is 3.43. The Bertz CT molecular complexity index is 921. The summed E-state index contributed by atoms with van der Waals surface area (Å²) in [6.45, 7) is -0.190. The van der Waals surface area contributed by atoms with Gasteiger partial charge < -0.3 is 4.74 Å². The van der Waals surface area contributed by atoms with E-state index in [1.165, 1.54) is 29.1 Å². The molecule has 1 heterocycles. The van der Waals surface area contributed by atoms with Crippen LogP contribution in [-0.2, 0) is 12.8 Å². The van der Waals surface area contributed by atoms with Crippen LogP contribution in [0.25, 0.3) is 5.69 Å². The Balaban J connectivity index is 1.81. The molecule has 0 saturated carbocycles. The van der Waals surface area contributed by atoms with Gasteiger partial charge in [-0.05, 0) is 29.8 Å². The van der Waals surface area contributed by atoms with Crippen LogP contribution in [0.3, 0.4) is 0 Å². The van der Waals surface area contributed by atoms with E-state index < -0.39 is 17.2 Å². The first kappa shape index (κ1) is 16.8. The van der Waals surface area contributed by atoms with E-state index in [1.807, 2.05) is 18.2 Å². The highest BCUT2D eigenvalue weighted by Crippen LogP contribution is 2.29. The van der Waals surface area contributed by atoms with Gasteiger partial charge in [0.1, 0.15) is 6.61 Å². The van der Waals surface area contributed by atoms with E-state index >= 15 is 0 Å². The molecule has 0 atom stereocenters. The normalized spacial score (nSPS) is 11.3. The molecule has 0 fully saturated rings. The molecule has 0 unspecified atom stereocenters. The van der Waals surface area contributed by atoms with Crippen LogP contribution in [0, 0.1) is 0 Å². The maximum absolute atomic E-state index is 12.7. The number of hydrogen-bond acceptors (Lipinski definition) is 3. The molecule has 128 valence electrons. The fourth-order valence-corrected chi connectivity index (χ4v) is 2.20. The van der Waals surface area contributed by atoms with Gasteiger partial charge in [-0.3, -0.25) is 4.79 Å². The number of benzene rings is 2. The second-order valence-electron chi connectivity index (χ2n) is 5.25. The molecule has 3 rings (SSSR count). The fraction of sp³-hybridized carbons (Fsp3) is 0.111. The van der Waals surface area contributed by atoms with E-state index in [0.29, 0.717) is 5.56 Å². The number of para-hydroxylation sites is 1. The lowest BCUT2D eigenvalue weighted by Gasteiger charge is -2.10. The molecule has 0 saturated heterocycles. The Kier molecular flexibility index (Phi) is 4.56. The van der Waals surface area contributed by atoms with Crippen LogP contribution in [-0.4, -0.2) is 9.78 Å². The molecule has 0 aliphatic rings. The van der Waals surface area contributed by atoms with E-state index in [2.05, 4.69) is 5.10 Å². The number of ether oxygens (including phenoxy) is 1. The number of rotatable bonds is 4. The number of nitrogens with zero attached hydrogens (tertiary/aromatic N) is 2. The minimum Gasteiger partial charge on any atom is -0.469 e. The average Bonchev–Trinajstić information content (AvgIpc) is 2.61. The minimum atomic E-state index is -4.43. The minimum absolute atomic E-state index is 0.177. The van der Waals surface area contributed by atoms with Crippen LogP contribution in [0.5, 0.6) is 5.88 Å². The lowest BCUT2D eigenvalue weighted by Crippen LogP contribution is -2.14. The zero-order valence-corrected chi connectivity index (χ0v) is 12.9. The van der Waals surface area contributed by atoms with Gasteiger partial charge >= 0.3 is 6.18 Å². The molecule has 1 aromatic heterocycles. The Labute approximate surface area is 141 Å². The maximum Gasteiger partial charge on any atom is 0.416 e. The monoisotopic (exact) mass is 346 g/mol. The van der Waals surface area contributed by atoms with Gasteiger partial charge in [-0.25, -0.2) is 4.68 Å². The van der Waals surface area contributed by atoms with E-state index in [-0.39, 0.29) is 12.5 Å². The van der Waals surface area contributed by atoms with Gasteiger partial charge in [0.2, 0.25) is 5.43 Å². The molecule has 0 N–H and O–H groups in total. The summed E-state index contributed by atoms with van der Waals surface area (Å²) < 4.78 is 45.0. The first-order valence-electron chi connectivity index (χ1n) is 7.38. The standard InChI is InChI=1S/C18H13F3N2O2/c19-18(20,21)14-6-4-5-13(11-14)12-25-17-16(24)9-10-23(22-17)15-7-2-1-3-8-15/h1-11H,12H2. The first-order valence-corrected chi connectivity index (χ1v) is 7.38. The highest BCUT2D eigenvalue weighted by molar-refractivity contribution is 5.30. The quantitative estimate of drug-likeness (QED) is 0.721. The molecule has 25 heavy (non-hydrogen) atoms. The van der Waals surface area contributed by atoms with Gasteiger partial charge in [0.05, 0.1) is 11.3 Å². The summed E-state index contributed by atoms with van der Waals surface area (Å²) in [6.07, 6.45) is -2.93. The Hall–Kier alpha value is -3.09. The highest BCUT2D eigenvalue weighted by atomic mass is 19.4. The van der Waals surface area contributed by atoms with Crippen LogP contribution >= 0.6 is 0 Å². The first-order chi connectivity index (χ1) is 11.9. The van der Waals surface area contributed by atoms with E-state index in [4.69, 9.17) is 4.74 Å². The maximum atomic E-state index is 12.7. The summed E-state index contributed by atoms with van der Waals surface area (Å²) in [5, 5.41) is 4.09. The molecule has 3 aromatic rings. The van der Waals surface area contributed by atoms with E-state index in [1.54, 1.807) is 12.1 Å². The fourth-order valence-electron chi connectivity index (χ4n) is 2.20. The van der Waals surface area contributed by atoms with Gasteiger partial charge in [-0.2, -0.15) is 13.2 Å². The number of halogens is 3. The summed E-state index contributed by atoms with van der Waals surface area (Å²) >= 11 is 0. The number of alkyl halides is 3. The van der Waals surface area contributed by atoms with Crippen molar-refractivity contribution < 1.29 is 17.9 Å². The predicted octanol–water partition coefficient (Wildman–Crippen LogP) is 3.83. The van der Waals surface area contributed by atoms with Crippen LogP contribution in [0.4, 0.5) is 13.2 Å². The summed E-state index contributed by atoms with van der Waals surface area (Å²) in [7, 11) is 0. The van der Waals surface area contributed by atoms with Gasteiger partial charge in [-0.1, -0.05) is 30.3 Å². The van der Waals surface area contributed by atoms with Gasteiger partial charge in [0.15, 0.2) is 0 Å². The Morgan fingerprint density at radius 1 is 1.00 bits per heavy atom. The number of hydrogen-bond donors (Lipinski definition) is 0. The molecule has 0 amide bonds. The largest absolute Gasteiger partial charge is 0.469 e. The molecule has 0 bridgehead atoms. The lowest BCUT2D eigenvalue weighted by molar-refractivity contribution is -0.137. The Morgan fingerprint density at radius 2 is 1.76 bits per heavy atom. The van der Waals surface area contributed by atoms with Crippen molar-refractivity contribution in [1.29, 1.82) is 0 Å². The molecule has 0 spiro atoms. The average molecular weight is 346 g/mol. The van der Waals surface area contributed by atoms with Crippen molar-refractivity contribution in [2.75, 3.05) is 0 Å². The third-order valence-corrected chi connectivity index (χ3v) is 3.43. The molecule has 0 radical (unpaired) electrons. The smallest absolute Gasteiger partial charge is 0.416 e. The summed E-state index contributed by atoms with van der Waals surface area (Å²) in [5.41, 5.74) is -0.187. The van der Waals surface area contributed by atoms with Crippen LogP contribution in [0.15, 0.2) is 71.7 Å². The van der Waals surface area contributed by atoms with Crippen molar-refractivity contribution >= 4 is 0 Å². The van der Waals surface area contributed by atoms with Crippen molar-refractivity contribution in [2.45, 2.75) is 12.8 Å². The lowest BCUT2D eigenvalue weighted by atomic mass is 10.1. The third kappa shape index (κ3) is 4.06. The predicted molar refractivity (Wildman–Crippen MR) is 85.6 cm³/mol. The molecule has 4 nitrogen and oxygen atoms in total. The summed E-state index contributed by atoms with van der Waals surface area (Å²) in [5.74, 6) is -0.177. The van der Waals surface area contributed by atoms with Gasteiger partial charge in [0.25, 0.3) is 5.88 Å². The SMILES string of the molecule is O=c1ccn(-c2ccccc2)nc1OCc1cccc(C(F)(F)F)c1. The zero-order chi connectivity index (χ0) is 17.9. The molecule has 7 heteroatoms. The van der Waals surface area contributed by atoms with Crippen molar-refractivity contribution in [1.82, 2.24) is 9.78 Å². The van der Waals surface area contributed by atoms with Crippen molar-refractivity contribution in [2.24, 2.45) is 0 Å². The van der Waals surface area contributed by atoms with Crippen molar-refractivity contribution in [3.63, 3.8) is 0 Å². The topological polar surface area (TPSA) is 44.1 Å². The molecular formula is C18H13F3N2O2. The highest BCUT2D eigenvalue weighted by Gasteiger charge is 2.30. The van der Waals surface area contributed by atoms with Gasteiger partial charge in [0, 0.05) is 12.3 Å². The van der Waals surface area contributed by atoms with Crippen molar-refractivity contribution in [3.8, 4) is 11.6 Å².